The van der Waals surface area contributed by atoms with Crippen LogP contribution in [0.2, 0.25) is 0 Å². The molecule has 45 heavy (non-hydrogen) atoms. The average Bonchev–Trinajstić information content (AvgIpc) is 2.94. The second-order valence-electron chi connectivity index (χ2n) is 13.8. The van der Waals surface area contributed by atoms with Crippen molar-refractivity contribution in [1.82, 2.24) is 16.0 Å². The van der Waals surface area contributed by atoms with E-state index in [1.807, 2.05) is 48.5 Å². The standard InChI is InChI=1S/C34H57N5O6/c1-10-12-13-14-26(40)37-25(19-23-15-17-24(18-16-23)45-31(43)27(35)21(3)4)29(41)38-28(22(5)11-2)30(42)39-34(8,9)20-33(6,7)32(36)44/h15-18,21-22,25,27-28H,10-14,19-20,35H2,1-9H3,(H2,36,44)(H,37,40)(H,38,41)(H,39,42). The maximum atomic E-state index is 13.7. The van der Waals surface area contributed by atoms with Crippen LogP contribution in [0, 0.1) is 17.3 Å². The molecule has 4 atom stereocenters. The molecular formula is C34H57N5O6. The molecule has 0 aliphatic carbocycles. The predicted molar refractivity (Wildman–Crippen MR) is 176 cm³/mol. The molecule has 4 unspecified atom stereocenters. The van der Waals surface area contributed by atoms with Gasteiger partial charge in [0, 0.05) is 23.8 Å². The highest BCUT2D eigenvalue weighted by atomic mass is 16.5. The molecule has 254 valence electrons. The molecule has 0 saturated carbocycles. The number of esters is 1. The zero-order valence-electron chi connectivity index (χ0n) is 28.8. The number of nitrogens with two attached hydrogens (primary N) is 2. The Labute approximate surface area is 269 Å². The van der Waals surface area contributed by atoms with E-state index in [-0.39, 0.29) is 36.5 Å². The number of carbonyl (C=O) groups is 5. The molecule has 7 N–H and O–H groups in total. The Morgan fingerprint density at radius 1 is 0.889 bits per heavy atom. The maximum Gasteiger partial charge on any atom is 0.328 e. The largest absolute Gasteiger partial charge is 0.425 e. The first-order valence-electron chi connectivity index (χ1n) is 16.1. The minimum Gasteiger partial charge on any atom is -0.425 e. The van der Waals surface area contributed by atoms with E-state index in [4.69, 9.17) is 16.2 Å². The van der Waals surface area contributed by atoms with Crippen LogP contribution in [0.4, 0.5) is 0 Å². The fourth-order valence-electron chi connectivity index (χ4n) is 5.00. The summed E-state index contributed by atoms with van der Waals surface area (Å²) in [5.74, 6) is -2.12. The van der Waals surface area contributed by atoms with Crippen LogP contribution in [0.1, 0.15) is 106 Å². The number of hydrogen-bond donors (Lipinski definition) is 5. The van der Waals surface area contributed by atoms with Gasteiger partial charge in [-0.05, 0) is 56.2 Å². The van der Waals surface area contributed by atoms with Crippen molar-refractivity contribution in [2.75, 3.05) is 0 Å². The predicted octanol–water partition coefficient (Wildman–Crippen LogP) is 3.51. The molecule has 0 bridgehead atoms. The van der Waals surface area contributed by atoms with Gasteiger partial charge in [0.25, 0.3) is 0 Å². The van der Waals surface area contributed by atoms with Crippen molar-refractivity contribution in [3.8, 4) is 5.75 Å². The summed E-state index contributed by atoms with van der Waals surface area (Å²) in [6.07, 6.45) is 3.88. The lowest BCUT2D eigenvalue weighted by Gasteiger charge is -2.36. The molecule has 11 nitrogen and oxygen atoms in total. The molecule has 1 aromatic rings. The SMILES string of the molecule is CCCCCC(=O)NC(Cc1ccc(OC(=O)C(N)C(C)C)cc1)C(=O)NC(C(=O)NC(C)(C)CC(C)(C)C(N)=O)C(C)CC. The van der Waals surface area contributed by atoms with E-state index in [1.54, 1.807) is 38.1 Å². The Hall–Kier alpha value is -3.47. The summed E-state index contributed by atoms with van der Waals surface area (Å²) in [5.41, 5.74) is 10.5. The molecular weight excluding hydrogens is 574 g/mol. The first-order chi connectivity index (χ1) is 20.8. The van der Waals surface area contributed by atoms with Gasteiger partial charge in [-0.2, -0.15) is 0 Å². The van der Waals surface area contributed by atoms with Crippen LogP contribution in [0.3, 0.4) is 0 Å². The second-order valence-corrected chi connectivity index (χ2v) is 13.8. The summed E-state index contributed by atoms with van der Waals surface area (Å²) in [7, 11) is 0. The quantitative estimate of drug-likeness (QED) is 0.0879. The molecule has 0 radical (unpaired) electrons. The van der Waals surface area contributed by atoms with Crippen LogP contribution in [0.25, 0.3) is 0 Å². The first kappa shape index (κ1) is 39.6. The summed E-state index contributed by atoms with van der Waals surface area (Å²) in [6.45, 7) is 16.6. The van der Waals surface area contributed by atoms with E-state index >= 15 is 0 Å². The molecule has 4 amide bonds. The van der Waals surface area contributed by atoms with Crippen LogP contribution in [-0.2, 0) is 30.4 Å². The van der Waals surface area contributed by atoms with Gasteiger partial charge in [0.15, 0.2) is 0 Å². The third-order valence-electron chi connectivity index (χ3n) is 8.04. The maximum absolute atomic E-state index is 13.7. The van der Waals surface area contributed by atoms with E-state index < -0.39 is 46.9 Å². The van der Waals surface area contributed by atoms with E-state index in [0.29, 0.717) is 25.0 Å². The fraction of sp³-hybridized carbons (Fsp3) is 0.676. The van der Waals surface area contributed by atoms with Crippen LogP contribution in [-0.4, -0.2) is 53.3 Å². The van der Waals surface area contributed by atoms with Crippen LogP contribution >= 0.6 is 0 Å². The lowest BCUT2D eigenvalue weighted by atomic mass is 9.79. The van der Waals surface area contributed by atoms with Crippen molar-refractivity contribution < 1.29 is 28.7 Å². The summed E-state index contributed by atoms with van der Waals surface area (Å²) in [4.78, 5) is 64.3. The van der Waals surface area contributed by atoms with E-state index in [1.165, 1.54) is 0 Å². The third kappa shape index (κ3) is 13.6. The molecule has 0 spiro atoms. The molecule has 0 aliphatic rings. The zero-order valence-corrected chi connectivity index (χ0v) is 28.8. The Morgan fingerprint density at radius 2 is 1.49 bits per heavy atom. The van der Waals surface area contributed by atoms with Gasteiger partial charge in [-0.25, -0.2) is 4.79 Å². The van der Waals surface area contributed by atoms with Crippen molar-refractivity contribution in [3.63, 3.8) is 0 Å². The number of unbranched alkanes of at least 4 members (excludes halogenated alkanes) is 2. The summed E-state index contributed by atoms with van der Waals surface area (Å²) in [5, 5.41) is 8.73. The third-order valence-corrected chi connectivity index (χ3v) is 8.04. The number of nitrogens with one attached hydrogen (secondary N) is 3. The Balaban J connectivity index is 3.19. The number of rotatable bonds is 19. The van der Waals surface area contributed by atoms with Gasteiger partial charge in [-0.1, -0.05) is 79.9 Å². The fourth-order valence-corrected chi connectivity index (χ4v) is 5.00. The second kappa shape index (κ2) is 17.9. The Bertz CT molecular complexity index is 1150. The molecule has 11 heteroatoms. The van der Waals surface area contributed by atoms with Crippen molar-refractivity contribution in [2.45, 2.75) is 131 Å². The van der Waals surface area contributed by atoms with Crippen molar-refractivity contribution in [3.05, 3.63) is 29.8 Å². The average molecular weight is 632 g/mol. The highest BCUT2D eigenvalue weighted by Crippen LogP contribution is 2.28. The molecule has 0 aliphatic heterocycles. The van der Waals surface area contributed by atoms with E-state index in [9.17, 15) is 24.0 Å². The van der Waals surface area contributed by atoms with Gasteiger partial charge < -0.3 is 32.2 Å². The van der Waals surface area contributed by atoms with Gasteiger partial charge in [-0.15, -0.1) is 0 Å². The van der Waals surface area contributed by atoms with Crippen LogP contribution < -0.4 is 32.2 Å². The van der Waals surface area contributed by atoms with Gasteiger partial charge >= 0.3 is 5.97 Å². The highest BCUT2D eigenvalue weighted by molar-refractivity contribution is 5.92. The smallest absolute Gasteiger partial charge is 0.328 e. The molecule has 0 saturated heterocycles. The molecule has 1 rings (SSSR count). The number of amides is 4. The zero-order chi connectivity index (χ0) is 34.5. The minimum atomic E-state index is -0.956. The number of primary amides is 1. The Kier molecular flexibility index (Phi) is 15.7. The lowest BCUT2D eigenvalue weighted by molar-refractivity contribution is -0.137. The summed E-state index contributed by atoms with van der Waals surface area (Å²) < 4.78 is 5.38. The van der Waals surface area contributed by atoms with Gasteiger partial charge in [0.1, 0.15) is 23.9 Å². The summed E-state index contributed by atoms with van der Waals surface area (Å²) in [6, 6.07) is 4.07. The number of benzene rings is 1. The van der Waals surface area contributed by atoms with E-state index in [2.05, 4.69) is 16.0 Å². The molecule has 0 heterocycles. The van der Waals surface area contributed by atoms with Gasteiger partial charge in [-0.3, -0.25) is 19.2 Å². The van der Waals surface area contributed by atoms with Gasteiger partial charge in [0.2, 0.25) is 23.6 Å². The minimum absolute atomic E-state index is 0.0774. The van der Waals surface area contributed by atoms with Crippen LogP contribution in [0.15, 0.2) is 24.3 Å². The molecule has 0 fully saturated rings. The molecule has 1 aromatic carbocycles. The lowest BCUT2D eigenvalue weighted by Crippen LogP contribution is -2.59. The van der Waals surface area contributed by atoms with E-state index in [0.717, 1.165) is 18.4 Å². The monoisotopic (exact) mass is 631 g/mol. The number of ether oxygens (including phenoxy) is 1. The normalized spacial score (nSPS) is 14.6. The van der Waals surface area contributed by atoms with Gasteiger partial charge in [0.05, 0.1) is 0 Å². The topological polar surface area (TPSA) is 183 Å². The molecule has 0 aromatic heterocycles. The Morgan fingerprint density at radius 3 is 2.00 bits per heavy atom. The van der Waals surface area contributed by atoms with Crippen molar-refractivity contribution in [1.29, 1.82) is 0 Å². The summed E-state index contributed by atoms with van der Waals surface area (Å²) >= 11 is 0. The van der Waals surface area contributed by atoms with Crippen molar-refractivity contribution in [2.24, 2.45) is 28.7 Å². The van der Waals surface area contributed by atoms with Crippen LogP contribution in [0.5, 0.6) is 5.75 Å². The number of hydrogen-bond acceptors (Lipinski definition) is 7. The van der Waals surface area contributed by atoms with Crippen molar-refractivity contribution >= 4 is 29.6 Å². The number of carbonyl (C=O) groups excluding carboxylic acids is 5. The highest BCUT2D eigenvalue weighted by Gasteiger charge is 2.37. The first-order valence-corrected chi connectivity index (χ1v) is 16.1.